The molecule has 0 aliphatic carbocycles. The van der Waals surface area contributed by atoms with E-state index >= 15 is 0 Å². The Labute approximate surface area is 274 Å². The van der Waals surface area contributed by atoms with E-state index < -0.39 is 0 Å². The summed E-state index contributed by atoms with van der Waals surface area (Å²) < 4.78 is 2.36. The van der Waals surface area contributed by atoms with E-state index in [0.717, 1.165) is 67.0 Å². The smallest absolute Gasteiger partial charge is 0.156 e. The van der Waals surface area contributed by atoms with Crippen molar-refractivity contribution in [1.29, 1.82) is 0 Å². The van der Waals surface area contributed by atoms with Gasteiger partial charge in [0.05, 0.1) is 33.6 Å². The van der Waals surface area contributed by atoms with Gasteiger partial charge in [-0.3, -0.25) is 0 Å². The summed E-state index contributed by atoms with van der Waals surface area (Å²) in [5.74, 6) is 0.716. The van der Waals surface area contributed by atoms with Crippen LogP contribution in [0.1, 0.15) is 19.7 Å². The Bertz CT molecular complexity index is 2450. The number of hydrogen-bond acceptors (Lipinski definition) is 3. The first-order valence-corrected chi connectivity index (χ1v) is 15.9. The monoisotopic (exact) mass is 604 g/mol. The van der Waals surface area contributed by atoms with Gasteiger partial charge in [-0.1, -0.05) is 127 Å². The van der Waals surface area contributed by atoms with Crippen LogP contribution in [0.2, 0.25) is 0 Å². The van der Waals surface area contributed by atoms with Crippen LogP contribution in [0.25, 0.3) is 77.7 Å². The molecule has 0 N–H and O–H groups in total. The molecule has 0 radical (unpaired) electrons. The lowest BCUT2D eigenvalue weighted by atomic mass is 10.0. The molecule has 0 saturated heterocycles. The maximum Gasteiger partial charge on any atom is 0.156 e. The molecular formula is C43H32N4. The van der Waals surface area contributed by atoms with E-state index in [-0.39, 0.29) is 0 Å². The lowest BCUT2D eigenvalue weighted by Crippen LogP contribution is -1.98. The van der Waals surface area contributed by atoms with Crippen LogP contribution >= 0.6 is 0 Å². The molecule has 0 unspecified atom stereocenters. The molecule has 224 valence electrons. The molecule has 4 nitrogen and oxygen atoms in total. The second-order valence-corrected chi connectivity index (χ2v) is 11.7. The van der Waals surface area contributed by atoms with Gasteiger partial charge in [0.1, 0.15) is 0 Å². The third kappa shape index (κ3) is 5.10. The molecule has 0 saturated carbocycles. The Balaban J connectivity index is 1.34. The molecule has 4 heteroatoms. The van der Waals surface area contributed by atoms with Crippen molar-refractivity contribution in [2.24, 2.45) is 0 Å². The SMILES string of the molecule is C/C=C\C=C(/C)c1nc(-c2ccccc2)cc(-c2ccc(-c3nc4ccccc4c4c5ccccc5n(-c5ccccc5)c34)cc2)n1. The van der Waals surface area contributed by atoms with E-state index in [2.05, 4.69) is 139 Å². The van der Waals surface area contributed by atoms with Crippen molar-refractivity contribution in [3.8, 4) is 39.5 Å². The van der Waals surface area contributed by atoms with E-state index in [9.17, 15) is 0 Å². The lowest BCUT2D eigenvalue weighted by Gasteiger charge is -2.13. The summed E-state index contributed by atoms with van der Waals surface area (Å²) in [5.41, 5.74) is 11.2. The van der Waals surface area contributed by atoms with Crippen molar-refractivity contribution in [1.82, 2.24) is 19.5 Å². The predicted molar refractivity (Wildman–Crippen MR) is 196 cm³/mol. The zero-order valence-electron chi connectivity index (χ0n) is 26.3. The van der Waals surface area contributed by atoms with Crippen LogP contribution in [0.4, 0.5) is 0 Å². The molecule has 0 spiro atoms. The van der Waals surface area contributed by atoms with Gasteiger partial charge < -0.3 is 4.57 Å². The molecule has 0 atom stereocenters. The first-order valence-electron chi connectivity index (χ1n) is 15.9. The van der Waals surface area contributed by atoms with Crippen molar-refractivity contribution in [3.63, 3.8) is 0 Å². The standard InChI is InChI=1S/C43H32N4/c1-3-4-15-29(2)43-45-37(30-16-7-5-8-17-30)28-38(46-43)31-24-26-32(27-25-31)41-42-40(34-20-11-13-22-36(34)44-41)35-21-12-14-23-39(35)47(42)33-18-9-6-10-19-33/h3-28H,1-2H3/b4-3-,29-15+. The van der Waals surface area contributed by atoms with Gasteiger partial charge in [-0.25, -0.2) is 15.0 Å². The number of hydrogen-bond donors (Lipinski definition) is 0. The van der Waals surface area contributed by atoms with E-state index in [1.54, 1.807) is 0 Å². The maximum atomic E-state index is 5.32. The molecule has 8 rings (SSSR count). The largest absolute Gasteiger partial charge is 0.307 e. The fourth-order valence-corrected chi connectivity index (χ4v) is 6.38. The average Bonchev–Trinajstić information content (AvgIpc) is 3.50. The summed E-state index contributed by atoms with van der Waals surface area (Å²) in [6.07, 6.45) is 6.09. The number of benzene rings is 5. The number of fused-ring (bicyclic) bond motifs is 5. The molecule has 0 amide bonds. The molecule has 0 aliphatic heterocycles. The molecule has 0 bridgehead atoms. The van der Waals surface area contributed by atoms with Crippen LogP contribution < -0.4 is 0 Å². The molecule has 8 aromatic rings. The number of nitrogens with zero attached hydrogens (tertiary/aromatic N) is 4. The van der Waals surface area contributed by atoms with Gasteiger partial charge in [0.2, 0.25) is 0 Å². The highest BCUT2D eigenvalue weighted by atomic mass is 15.0. The molecule has 0 fully saturated rings. The topological polar surface area (TPSA) is 43.6 Å². The Kier molecular flexibility index (Phi) is 7.23. The van der Waals surface area contributed by atoms with Crippen molar-refractivity contribution in [2.45, 2.75) is 13.8 Å². The van der Waals surface area contributed by atoms with Crippen LogP contribution in [0.5, 0.6) is 0 Å². The summed E-state index contributed by atoms with van der Waals surface area (Å²) in [7, 11) is 0. The van der Waals surface area contributed by atoms with Crippen molar-refractivity contribution in [2.75, 3.05) is 0 Å². The third-order valence-corrected chi connectivity index (χ3v) is 8.66. The first kappa shape index (κ1) is 28.4. The number of pyridine rings is 1. The molecular weight excluding hydrogens is 573 g/mol. The highest BCUT2D eigenvalue weighted by Crippen LogP contribution is 2.41. The Morgan fingerprint density at radius 3 is 1.91 bits per heavy atom. The zero-order chi connectivity index (χ0) is 31.7. The second kappa shape index (κ2) is 12.0. The minimum Gasteiger partial charge on any atom is -0.307 e. The van der Waals surface area contributed by atoms with Gasteiger partial charge in [0.15, 0.2) is 5.82 Å². The summed E-state index contributed by atoms with van der Waals surface area (Å²) in [6.45, 7) is 4.06. The number of rotatable bonds is 6. The highest BCUT2D eigenvalue weighted by molar-refractivity contribution is 6.23. The van der Waals surface area contributed by atoms with Gasteiger partial charge in [0, 0.05) is 38.5 Å². The first-order chi connectivity index (χ1) is 23.2. The molecule has 5 aromatic carbocycles. The van der Waals surface area contributed by atoms with Crippen molar-refractivity contribution in [3.05, 3.63) is 164 Å². The minimum absolute atomic E-state index is 0.716. The second-order valence-electron chi connectivity index (χ2n) is 11.7. The van der Waals surface area contributed by atoms with Crippen LogP contribution in [-0.2, 0) is 0 Å². The maximum absolute atomic E-state index is 5.32. The summed E-state index contributed by atoms with van der Waals surface area (Å²) in [4.78, 5) is 15.3. The molecule has 3 aromatic heterocycles. The van der Waals surface area contributed by atoms with E-state index in [0.29, 0.717) is 5.82 Å². The summed E-state index contributed by atoms with van der Waals surface area (Å²) in [5, 5.41) is 3.58. The van der Waals surface area contributed by atoms with Crippen LogP contribution in [-0.4, -0.2) is 19.5 Å². The fraction of sp³-hybridized carbons (Fsp3) is 0.0465. The molecule has 3 heterocycles. The van der Waals surface area contributed by atoms with Gasteiger partial charge in [-0.15, -0.1) is 0 Å². The van der Waals surface area contributed by atoms with Crippen molar-refractivity contribution < 1.29 is 0 Å². The normalized spacial score (nSPS) is 12.1. The third-order valence-electron chi connectivity index (χ3n) is 8.66. The average molecular weight is 605 g/mol. The number of allylic oxidation sites excluding steroid dienone is 4. The van der Waals surface area contributed by atoms with Gasteiger partial charge >= 0.3 is 0 Å². The molecule has 47 heavy (non-hydrogen) atoms. The fourth-order valence-electron chi connectivity index (χ4n) is 6.38. The lowest BCUT2D eigenvalue weighted by molar-refractivity contribution is 1.12. The van der Waals surface area contributed by atoms with Gasteiger partial charge in [-0.05, 0) is 49.8 Å². The minimum atomic E-state index is 0.716. The van der Waals surface area contributed by atoms with Crippen LogP contribution in [0.15, 0.2) is 158 Å². The number of aromatic nitrogens is 4. The number of para-hydroxylation sites is 3. The Morgan fingerprint density at radius 2 is 1.19 bits per heavy atom. The van der Waals surface area contributed by atoms with E-state index in [1.807, 2.05) is 37.3 Å². The Morgan fingerprint density at radius 1 is 0.596 bits per heavy atom. The molecule has 0 aliphatic rings. The summed E-state index contributed by atoms with van der Waals surface area (Å²) in [6, 6.07) is 48.7. The van der Waals surface area contributed by atoms with Crippen LogP contribution in [0, 0.1) is 0 Å². The van der Waals surface area contributed by atoms with E-state index in [4.69, 9.17) is 15.0 Å². The quantitative estimate of drug-likeness (QED) is 0.177. The van der Waals surface area contributed by atoms with Crippen molar-refractivity contribution >= 4 is 38.3 Å². The zero-order valence-corrected chi connectivity index (χ0v) is 26.3. The Hall–Kier alpha value is -6.13. The van der Waals surface area contributed by atoms with Gasteiger partial charge in [0.25, 0.3) is 0 Å². The van der Waals surface area contributed by atoms with Gasteiger partial charge in [-0.2, -0.15) is 0 Å². The predicted octanol–water partition coefficient (Wildman–Crippen LogP) is 11.1. The highest BCUT2D eigenvalue weighted by Gasteiger charge is 2.20. The van der Waals surface area contributed by atoms with Crippen LogP contribution in [0.3, 0.4) is 0 Å². The van der Waals surface area contributed by atoms with E-state index in [1.165, 1.54) is 10.8 Å². The summed E-state index contributed by atoms with van der Waals surface area (Å²) >= 11 is 0.